The van der Waals surface area contributed by atoms with Gasteiger partial charge in [0.2, 0.25) is 5.82 Å². The second-order valence-corrected chi connectivity index (χ2v) is 7.22. The van der Waals surface area contributed by atoms with Crippen molar-refractivity contribution in [2.45, 2.75) is 13.8 Å². The molecule has 0 radical (unpaired) electrons. The molecule has 28 heavy (non-hydrogen) atoms. The molecule has 1 aromatic carbocycles. The van der Waals surface area contributed by atoms with Crippen LogP contribution in [0.15, 0.2) is 30.3 Å². The quantitative estimate of drug-likeness (QED) is 0.659. The molecule has 0 unspecified atom stereocenters. The van der Waals surface area contributed by atoms with E-state index in [1.165, 1.54) is 0 Å². The van der Waals surface area contributed by atoms with Crippen molar-refractivity contribution in [3.63, 3.8) is 0 Å². The first-order chi connectivity index (χ1) is 13.4. The van der Waals surface area contributed by atoms with Crippen molar-refractivity contribution in [3.05, 3.63) is 58.1 Å². The van der Waals surface area contributed by atoms with Gasteiger partial charge in [-0.2, -0.15) is 4.98 Å². The summed E-state index contributed by atoms with van der Waals surface area (Å²) in [5.74, 6) is 0.194. The van der Waals surface area contributed by atoms with E-state index in [1.807, 2.05) is 19.9 Å². The van der Waals surface area contributed by atoms with E-state index in [1.54, 1.807) is 38.6 Å². The Balaban J connectivity index is 1.45. The van der Waals surface area contributed by atoms with Crippen LogP contribution in [-0.2, 0) is 0 Å². The van der Waals surface area contributed by atoms with Crippen molar-refractivity contribution in [1.82, 2.24) is 29.4 Å². The van der Waals surface area contributed by atoms with Crippen LogP contribution in [0.4, 0.5) is 0 Å². The molecule has 3 aromatic rings. The van der Waals surface area contributed by atoms with E-state index in [-0.39, 0.29) is 17.6 Å². The van der Waals surface area contributed by atoms with E-state index in [4.69, 9.17) is 11.6 Å². The largest absolute Gasteiger partial charge is 0.335 e. The van der Waals surface area contributed by atoms with Crippen LogP contribution in [0.1, 0.15) is 32.4 Å². The molecule has 1 saturated heterocycles. The molecule has 144 valence electrons. The maximum atomic E-state index is 12.8. The number of aryl methyl sites for hydroxylation is 2. The van der Waals surface area contributed by atoms with Crippen molar-refractivity contribution in [1.29, 1.82) is 0 Å². The number of fused-ring (bicyclic) bond motifs is 1. The third kappa shape index (κ3) is 3.43. The highest BCUT2D eigenvalue weighted by molar-refractivity contribution is 6.30. The van der Waals surface area contributed by atoms with Gasteiger partial charge >= 0.3 is 0 Å². The first-order valence-corrected chi connectivity index (χ1v) is 9.35. The fourth-order valence-electron chi connectivity index (χ4n) is 3.32. The number of piperazine rings is 1. The number of rotatable bonds is 2. The molecule has 0 saturated carbocycles. The van der Waals surface area contributed by atoms with Gasteiger partial charge in [0.15, 0.2) is 0 Å². The zero-order valence-corrected chi connectivity index (χ0v) is 16.3. The van der Waals surface area contributed by atoms with E-state index in [0.29, 0.717) is 42.5 Å². The first-order valence-electron chi connectivity index (χ1n) is 8.97. The Morgan fingerprint density at radius 2 is 1.64 bits per heavy atom. The highest BCUT2D eigenvalue weighted by Gasteiger charge is 2.28. The van der Waals surface area contributed by atoms with Crippen LogP contribution < -0.4 is 0 Å². The average Bonchev–Trinajstić information content (AvgIpc) is 3.11. The Labute approximate surface area is 166 Å². The lowest BCUT2D eigenvalue weighted by Gasteiger charge is -2.34. The number of benzene rings is 1. The summed E-state index contributed by atoms with van der Waals surface area (Å²) in [6.45, 7) is 5.50. The molecule has 0 bridgehead atoms. The number of amides is 2. The van der Waals surface area contributed by atoms with Crippen molar-refractivity contribution in [2.24, 2.45) is 0 Å². The van der Waals surface area contributed by atoms with Gasteiger partial charge in [0.05, 0.1) is 0 Å². The van der Waals surface area contributed by atoms with Gasteiger partial charge in [-0.3, -0.25) is 9.59 Å². The van der Waals surface area contributed by atoms with Crippen LogP contribution in [0.25, 0.3) is 5.78 Å². The van der Waals surface area contributed by atoms with Crippen molar-refractivity contribution in [2.75, 3.05) is 26.2 Å². The Bertz CT molecular complexity index is 1070. The minimum atomic E-state index is -0.252. The number of nitrogens with zero attached hydrogens (tertiary/aromatic N) is 6. The fourth-order valence-corrected chi connectivity index (χ4v) is 3.51. The number of carbonyl (C=O) groups is 2. The number of aromatic nitrogens is 4. The minimum absolute atomic E-state index is 0.0873. The molecule has 0 N–H and O–H groups in total. The first kappa shape index (κ1) is 18.4. The summed E-state index contributed by atoms with van der Waals surface area (Å²) in [5.41, 5.74) is 2.24. The highest BCUT2D eigenvalue weighted by Crippen LogP contribution is 2.15. The Hall–Kier alpha value is -3.00. The summed E-state index contributed by atoms with van der Waals surface area (Å²) in [7, 11) is 0. The fraction of sp³-hybridized carbons (Fsp3) is 0.316. The van der Waals surface area contributed by atoms with Crippen molar-refractivity contribution < 1.29 is 9.59 Å². The summed E-state index contributed by atoms with van der Waals surface area (Å²) in [4.78, 5) is 37.4. The van der Waals surface area contributed by atoms with E-state index in [0.717, 1.165) is 11.4 Å². The normalized spacial score (nSPS) is 14.5. The van der Waals surface area contributed by atoms with Crippen LogP contribution in [0.2, 0.25) is 5.02 Å². The molecule has 2 aromatic heterocycles. The van der Waals surface area contributed by atoms with Gasteiger partial charge in [-0.1, -0.05) is 17.7 Å². The SMILES string of the molecule is Cc1cc(C)n2nc(C(=O)N3CCN(C(=O)c4cccc(Cl)c4)CC3)nc2n1. The number of hydrogen-bond donors (Lipinski definition) is 0. The molecule has 0 spiro atoms. The average molecular weight is 399 g/mol. The molecule has 0 atom stereocenters. The predicted octanol–water partition coefficient (Wildman–Crippen LogP) is 1.99. The molecular weight excluding hydrogens is 380 g/mol. The molecule has 1 fully saturated rings. The zero-order valence-electron chi connectivity index (χ0n) is 15.6. The lowest BCUT2D eigenvalue weighted by Crippen LogP contribution is -2.50. The smallest absolute Gasteiger partial charge is 0.293 e. The van der Waals surface area contributed by atoms with Crippen LogP contribution in [-0.4, -0.2) is 67.4 Å². The van der Waals surface area contributed by atoms with E-state index >= 15 is 0 Å². The Kier molecular flexibility index (Phi) is 4.72. The summed E-state index contributed by atoms with van der Waals surface area (Å²) < 4.78 is 1.57. The molecule has 2 amide bonds. The van der Waals surface area contributed by atoms with E-state index < -0.39 is 0 Å². The van der Waals surface area contributed by atoms with Gasteiger partial charge < -0.3 is 9.80 Å². The molecule has 1 aliphatic heterocycles. The zero-order chi connectivity index (χ0) is 19.8. The summed E-state index contributed by atoms with van der Waals surface area (Å²) in [6, 6.07) is 8.76. The van der Waals surface area contributed by atoms with Crippen LogP contribution in [0, 0.1) is 13.8 Å². The topological polar surface area (TPSA) is 83.7 Å². The van der Waals surface area contributed by atoms with Crippen molar-refractivity contribution in [3.8, 4) is 0 Å². The van der Waals surface area contributed by atoms with Gasteiger partial charge in [0.25, 0.3) is 17.6 Å². The monoisotopic (exact) mass is 398 g/mol. The summed E-state index contributed by atoms with van der Waals surface area (Å²) >= 11 is 5.97. The second kappa shape index (κ2) is 7.20. The molecule has 1 aliphatic rings. The lowest BCUT2D eigenvalue weighted by molar-refractivity contribution is 0.0529. The Morgan fingerprint density at radius 1 is 0.964 bits per heavy atom. The predicted molar refractivity (Wildman–Crippen MR) is 104 cm³/mol. The highest BCUT2D eigenvalue weighted by atomic mass is 35.5. The Morgan fingerprint density at radius 3 is 2.32 bits per heavy atom. The van der Waals surface area contributed by atoms with Gasteiger partial charge in [-0.05, 0) is 38.1 Å². The van der Waals surface area contributed by atoms with Crippen LogP contribution in [0.3, 0.4) is 0 Å². The molecular formula is C19H19ClN6O2. The number of carbonyl (C=O) groups excluding carboxylic acids is 2. The standard InChI is InChI=1S/C19H19ClN6O2/c1-12-10-13(2)26-19(21-12)22-16(23-26)18(28)25-8-6-24(7-9-25)17(27)14-4-3-5-15(20)11-14/h3-5,10-11H,6-9H2,1-2H3. The molecule has 8 nitrogen and oxygen atoms in total. The second-order valence-electron chi connectivity index (χ2n) is 6.78. The molecule has 0 aliphatic carbocycles. The van der Waals surface area contributed by atoms with Gasteiger partial charge in [-0.15, -0.1) is 5.10 Å². The van der Waals surface area contributed by atoms with E-state index in [9.17, 15) is 9.59 Å². The molecule has 4 rings (SSSR count). The number of halogens is 1. The summed E-state index contributed by atoms with van der Waals surface area (Å²) in [6.07, 6.45) is 0. The third-order valence-corrected chi connectivity index (χ3v) is 4.97. The van der Waals surface area contributed by atoms with Crippen LogP contribution in [0.5, 0.6) is 0 Å². The maximum Gasteiger partial charge on any atom is 0.293 e. The van der Waals surface area contributed by atoms with E-state index in [2.05, 4.69) is 15.1 Å². The minimum Gasteiger partial charge on any atom is -0.335 e. The van der Waals surface area contributed by atoms with Gasteiger partial charge in [0, 0.05) is 48.2 Å². The molecule has 3 heterocycles. The molecule has 9 heteroatoms. The maximum absolute atomic E-state index is 12.8. The lowest BCUT2D eigenvalue weighted by atomic mass is 10.2. The van der Waals surface area contributed by atoms with Gasteiger partial charge in [-0.25, -0.2) is 9.50 Å². The third-order valence-electron chi connectivity index (χ3n) is 4.74. The van der Waals surface area contributed by atoms with Crippen molar-refractivity contribution >= 4 is 29.2 Å². The van der Waals surface area contributed by atoms with Crippen LogP contribution >= 0.6 is 11.6 Å². The number of hydrogen-bond acceptors (Lipinski definition) is 5. The summed E-state index contributed by atoms with van der Waals surface area (Å²) in [5, 5.41) is 4.82. The van der Waals surface area contributed by atoms with Gasteiger partial charge in [0.1, 0.15) is 0 Å².